The molecule has 5 rings (SSSR count). The van der Waals surface area contributed by atoms with Crippen molar-refractivity contribution in [1.82, 2.24) is 15.3 Å². The van der Waals surface area contributed by atoms with Crippen molar-refractivity contribution < 1.29 is 9.90 Å². The number of thiazole rings is 1. The van der Waals surface area contributed by atoms with Crippen molar-refractivity contribution in [2.75, 3.05) is 18.5 Å². The van der Waals surface area contributed by atoms with Gasteiger partial charge in [0.15, 0.2) is 5.13 Å². The van der Waals surface area contributed by atoms with Crippen LogP contribution in [-0.2, 0) is 5.41 Å². The molecule has 4 aromatic rings. The zero-order valence-corrected chi connectivity index (χ0v) is 21.8. The van der Waals surface area contributed by atoms with E-state index in [-0.39, 0.29) is 12.5 Å². The summed E-state index contributed by atoms with van der Waals surface area (Å²) in [5.74, 6) is -0.135. The minimum atomic E-state index is -0.403. The minimum Gasteiger partial charge on any atom is -0.395 e. The number of carbonyl (C=O) groups excluding carboxylic acids is 1. The topological polar surface area (TPSA) is 87.1 Å². The van der Waals surface area contributed by atoms with Gasteiger partial charge >= 0.3 is 0 Å². The average Bonchev–Trinajstić information content (AvgIpc) is 3.69. The van der Waals surface area contributed by atoms with Gasteiger partial charge in [0.1, 0.15) is 0 Å². The van der Waals surface area contributed by atoms with Crippen molar-refractivity contribution >= 4 is 22.4 Å². The summed E-state index contributed by atoms with van der Waals surface area (Å²) in [5.41, 5.74) is 7.64. The van der Waals surface area contributed by atoms with E-state index in [2.05, 4.69) is 39.2 Å². The van der Waals surface area contributed by atoms with Crippen LogP contribution in [0.2, 0.25) is 0 Å². The maximum Gasteiger partial charge on any atom is 0.251 e. The van der Waals surface area contributed by atoms with E-state index < -0.39 is 5.41 Å². The first-order chi connectivity index (χ1) is 17.9. The number of pyridine rings is 1. The fourth-order valence-corrected chi connectivity index (χ4v) is 4.81. The molecule has 37 heavy (non-hydrogen) atoms. The standard InChI is InChI=1S/C30H30N4O2S/c1-30(2,19-35)25-8-4-7-24(16-25)28(36)32-17-26(21-9-10-21)33-29-34-27(18-37-29)23-6-3-5-22(15-23)20-11-13-31-14-12-20/h3-8,11-16,18,35H,9-10,17,19H2,1-2H3,(H,32,36)(H,33,34). The third-order valence-corrected chi connectivity index (χ3v) is 7.35. The molecule has 1 fully saturated rings. The number of aliphatic hydroxyl groups excluding tert-OH is 1. The first-order valence-corrected chi connectivity index (χ1v) is 13.2. The van der Waals surface area contributed by atoms with Crippen molar-refractivity contribution in [3.05, 3.63) is 101 Å². The van der Waals surface area contributed by atoms with Gasteiger partial charge in [-0.1, -0.05) is 44.2 Å². The van der Waals surface area contributed by atoms with Crippen molar-refractivity contribution in [1.29, 1.82) is 0 Å². The van der Waals surface area contributed by atoms with Crippen molar-refractivity contribution in [3.8, 4) is 22.4 Å². The smallest absolute Gasteiger partial charge is 0.251 e. The molecule has 3 N–H and O–H groups in total. The van der Waals surface area contributed by atoms with Crippen LogP contribution < -0.4 is 10.6 Å². The number of allylic oxidation sites excluding steroid dienone is 1. The van der Waals surface area contributed by atoms with Gasteiger partial charge in [-0.3, -0.25) is 9.78 Å². The summed E-state index contributed by atoms with van der Waals surface area (Å²) in [7, 11) is 0. The second kappa shape index (κ2) is 10.7. The van der Waals surface area contributed by atoms with Gasteiger partial charge in [-0.25, -0.2) is 4.98 Å². The van der Waals surface area contributed by atoms with Crippen LogP contribution in [0.3, 0.4) is 0 Å². The minimum absolute atomic E-state index is 0.0159. The Labute approximate surface area is 221 Å². The summed E-state index contributed by atoms with van der Waals surface area (Å²) in [6.07, 6.45) is 5.66. The molecule has 0 atom stereocenters. The van der Waals surface area contributed by atoms with Crippen molar-refractivity contribution in [3.63, 3.8) is 0 Å². The Bertz CT molecular complexity index is 1440. The van der Waals surface area contributed by atoms with Crippen molar-refractivity contribution in [2.24, 2.45) is 0 Å². The fraction of sp³-hybridized carbons (Fsp3) is 0.233. The zero-order valence-electron chi connectivity index (χ0n) is 21.0. The van der Waals surface area contributed by atoms with Crippen LogP contribution in [0.15, 0.2) is 89.7 Å². The monoisotopic (exact) mass is 510 g/mol. The molecule has 188 valence electrons. The number of anilines is 1. The maximum absolute atomic E-state index is 12.9. The van der Waals surface area contributed by atoms with Crippen molar-refractivity contribution in [2.45, 2.75) is 32.1 Å². The Morgan fingerprint density at radius 2 is 1.76 bits per heavy atom. The lowest BCUT2D eigenvalue weighted by Gasteiger charge is -2.22. The number of rotatable bonds is 9. The molecular formula is C30H30N4O2S. The van der Waals surface area contributed by atoms with Crippen LogP contribution >= 0.6 is 11.3 Å². The lowest BCUT2D eigenvalue weighted by atomic mass is 9.85. The number of aromatic nitrogens is 2. The van der Waals surface area contributed by atoms with Gasteiger partial charge in [0, 0.05) is 40.0 Å². The summed E-state index contributed by atoms with van der Waals surface area (Å²) in [6, 6.07) is 19.8. The Balaban J connectivity index is 1.26. The summed E-state index contributed by atoms with van der Waals surface area (Å²) < 4.78 is 0. The summed E-state index contributed by atoms with van der Waals surface area (Å²) >= 11 is 1.55. The summed E-state index contributed by atoms with van der Waals surface area (Å²) in [6.45, 7) is 4.35. The molecule has 0 unspecified atom stereocenters. The van der Waals surface area contributed by atoms with Gasteiger partial charge in [0.2, 0.25) is 0 Å². The largest absolute Gasteiger partial charge is 0.395 e. The molecule has 1 saturated carbocycles. The molecule has 1 aliphatic rings. The number of nitrogens with zero attached hydrogens (tertiary/aromatic N) is 2. The molecule has 0 bridgehead atoms. The number of benzene rings is 2. The third-order valence-electron chi connectivity index (χ3n) is 6.59. The van der Waals surface area contributed by atoms with Gasteiger partial charge in [-0.05, 0) is 65.4 Å². The Morgan fingerprint density at radius 1 is 1.00 bits per heavy atom. The lowest BCUT2D eigenvalue weighted by molar-refractivity contribution is 0.0956. The van der Waals surface area contributed by atoms with Crippen LogP contribution in [-0.4, -0.2) is 34.1 Å². The highest BCUT2D eigenvalue weighted by Gasteiger charge is 2.22. The second-order valence-electron chi connectivity index (χ2n) is 9.87. The van der Waals surface area contributed by atoms with Crippen LogP contribution in [0.5, 0.6) is 0 Å². The molecule has 0 saturated heterocycles. The van der Waals surface area contributed by atoms with Gasteiger partial charge in [-0.2, -0.15) is 0 Å². The summed E-state index contributed by atoms with van der Waals surface area (Å²) in [4.78, 5) is 21.8. The lowest BCUT2D eigenvalue weighted by Crippen LogP contribution is -2.28. The predicted molar refractivity (Wildman–Crippen MR) is 150 cm³/mol. The normalized spacial score (nSPS) is 12.8. The Morgan fingerprint density at radius 3 is 2.51 bits per heavy atom. The third kappa shape index (κ3) is 5.96. The summed E-state index contributed by atoms with van der Waals surface area (Å²) in [5, 5.41) is 19.0. The number of aliphatic hydroxyl groups is 1. The molecule has 0 radical (unpaired) electrons. The molecular weight excluding hydrogens is 480 g/mol. The zero-order chi connectivity index (χ0) is 25.8. The highest BCUT2D eigenvalue weighted by Crippen LogP contribution is 2.34. The first-order valence-electron chi connectivity index (χ1n) is 12.4. The van der Waals surface area contributed by atoms with E-state index in [0.717, 1.165) is 51.6 Å². The molecule has 1 amide bonds. The highest BCUT2D eigenvalue weighted by molar-refractivity contribution is 7.14. The Hall–Kier alpha value is -3.81. The Kier molecular flexibility index (Phi) is 7.17. The van der Waals surface area contributed by atoms with Crippen LogP contribution in [0.4, 0.5) is 5.13 Å². The molecule has 6 nitrogen and oxygen atoms in total. The van der Waals surface area contributed by atoms with Crippen LogP contribution in [0, 0.1) is 0 Å². The average molecular weight is 511 g/mol. The molecule has 1 aliphatic carbocycles. The van der Waals surface area contributed by atoms with E-state index in [4.69, 9.17) is 4.98 Å². The maximum atomic E-state index is 12.9. The number of hydrogen-bond acceptors (Lipinski definition) is 6. The van der Waals surface area contributed by atoms with E-state index in [1.54, 1.807) is 29.8 Å². The molecule has 2 heterocycles. The van der Waals surface area contributed by atoms with E-state index >= 15 is 0 Å². The molecule has 2 aromatic heterocycles. The molecule has 0 aliphatic heterocycles. The quantitative estimate of drug-likeness (QED) is 0.256. The van der Waals surface area contributed by atoms with E-state index in [9.17, 15) is 9.90 Å². The fourth-order valence-electron chi connectivity index (χ4n) is 4.06. The second-order valence-corrected chi connectivity index (χ2v) is 10.7. The predicted octanol–water partition coefficient (Wildman–Crippen LogP) is 6.03. The van der Waals surface area contributed by atoms with Gasteiger partial charge < -0.3 is 15.7 Å². The van der Waals surface area contributed by atoms with Gasteiger partial charge in [-0.15, -0.1) is 11.3 Å². The number of carbonyl (C=O) groups is 1. The van der Waals surface area contributed by atoms with E-state index in [0.29, 0.717) is 12.1 Å². The highest BCUT2D eigenvalue weighted by atomic mass is 32.1. The SMILES string of the molecule is CC(C)(CO)c1cccc(C(=O)NCC(Nc2nc(-c3cccc(-c4ccncc4)c3)cs2)=C2CC2)c1. The van der Waals surface area contributed by atoms with Crippen LogP contribution in [0.1, 0.15) is 42.6 Å². The van der Waals surface area contributed by atoms with E-state index in [1.807, 2.05) is 50.2 Å². The molecule has 0 spiro atoms. The molecule has 7 heteroatoms. The first kappa shape index (κ1) is 24.9. The number of hydrogen-bond donors (Lipinski definition) is 3. The molecule has 2 aromatic carbocycles. The van der Waals surface area contributed by atoms with Gasteiger partial charge in [0.25, 0.3) is 5.91 Å². The number of amides is 1. The van der Waals surface area contributed by atoms with Gasteiger partial charge in [0.05, 0.1) is 18.8 Å². The number of nitrogens with one attached hydrogen (secondary N) is 2. The van der Waals surface area contributed by atoms with Crippen LogP contribution in [0.25, 0.3) is 22.4 Å². The van der Waals surface area contributed by atoms with E-state index in [1.165, 1.54) is 5.57 Å².